The molecule has 0 heterocycles. The topological polar surface area (TPSA) is 59.6 Å². The number of hydrogen-bond donors (Lipinski definition) is 2. The lowest BCUT2D eigenvalue weighted by molar-refractivity contribution is -0.0394. The fourth-order valence-corrected chi connectivity index (χ4v) is 3.27. The SMILES string of the molecule is COC1(CN=C(N)NC2CCCC2)CCC(C)CC1. The highest BCUT2D eigenvalue weighted by molar-refractivity contribution is 5.78. The Bertz CT molecular complexity index is 303. The van der Waals surface area contributed by atoms with Crippen molar-refractivity contribution in [3.8, 4) is 0 Å². The van der Waals surface area contributed by atoms with Crippen molar-refractivity contribution >= 4 is 5.96 Å². The van der Waals surface area contributed by atoms with E-state index in [4.69, 9.17) is 10.5 Å². The second kappa shape index (κ2) is 6.60. The first-order chi connectivity index (χ1) is 9.13. The molecular weight excluding hydrogens is 238 g/mol. The lowest BCUT2D eigenvalue weighted by Gasteiger charge is -2.37. The predicted molar refractivity (Wildman–Crippen MR) is 79.3 cm³/mol. The number of nitrogens with zero attached hydrogens (tertiary/aromatic N) is 1. The lowest BCUT2D eigenvalue weighted by Crippen LogP contribution is -2.42. The Kier molecular flexibility index (Phi) is 5.08. The van der Waals surface area contributed by atoms with Gasteiger partial charge in [-0.2, -0.15) is 0 Å². The van der Waals surface area contributed by atoms with Gasteiger partial charge in [0.1, 0.15) is 0 Å². The van der Waals surface area contributed by atoms with Crippen LogP contribution in [-0.2, 0) is 4.74 Å². The fourth-order valence-electron chi connectivity index (χ4n) is 3.27. The Hall–Kier alpha value is -0.770. The molecular formula is C15H29N3O. The Morgan fingerprint density at radius 3 is 2.47 bits per heavy atom. The average molecular weight is 267 g/mol. The second-order valence-electron chi connectivity index (χ2n) is 6.40. The molecule has 2 aliphatic rings. The zero-order valence-corrected chi connectivity index (χ0v) is 12.5. The van der Waals surface area contributed by atoms with Crippen LogP contribution in [0.3, 0.4) is 0 Å². The first-order valence-corrected chi connectivity index (χ1v) is 7.75. The van der Waals surface area contributed by atoms with Gasteiger partial charge in [0, 0.05) is 13.2 Å². The Labute approximate surface area is 117 Å². The van der Waals surface area contributed by atoms with Crippen molar-refractivity contribution in [2.24, 2.45) is 16.6 Å². The maximum Gasteiger partial charge on any atom is 0.188 e. The van der Waals surface area contributed by atoms with Crippen LogP contribution < -0.4 is 11.1 Å². The van der Waals surface area contributed by atoms with E-state index in [1.807, 2.05) is 7.11 Å². The first-order valence-electron chi connectivity index (χ1n) is 7.75. The van der Waals surface area contributed by atoms with E-state index in [2.05, 4.69) is 17.2 Å². The summed E-state index contributed by atoms with van der Waals surface area (Å²) >= 11 is 0. The molecule has 0 bridgehead atoms. The maximum atomic E-state index is 5.99. The highest BCUT2D eigenvalue weighted by Gasteiger charge is 2.34. The molecule has 2 aliphatic carbocycles. The molecule has 0 atom stereocenters. The Morgan fingerprint density at radius 2 is 1.89 bits per heavy atom. The summed E-state index contributed by atoms with van der Waals surface area (Å²) < 4.78 is 5.76. The Morgan fingerprint density at radius 1 is 1.26 bits per heavy atom. The summed E-state index contributed by atoms with van der Waals surface area (Å²) in [6.45, 7) is 3.01. The van der Waals surface area contributed by atoms with E-state index >= 15 is 0 Å². The number of ether oxygens (including phenoxy) is 1. The average Bonchev–Trinajstić information content (AvgIpc) is 2.92. The summed E-state index contributed by atoms with van der Waals surface area (Å²) in [6, 6.07) is 0.536. The van der Waals surface area contributed by atoms with Gasteiger partial charge in [-0.05, 0) is 44.4 Å². The quantitative estimate of drug-likeness (QED) is 0.607. The normalized spacial score (nSPS) is 33.6. The van der Waals surface area contributed by atoms with Crippen molar-refractivity contribution in [3.05, 3.63) is 0 Å². The minimum Gasteiger partial charge on any atom is -0.376 e. The van der Waals surface area contributed by atoms with Crippen LogP contribution in [0.5, 0.6) is 0 Å². The summed E-state index contributed by atoms with van der Waals surface area (Å²) in [5, 5.41) is 3.34. The van der Waals surface area contributed by atoms with Crippen molar-refractivity contribution in [3.63, 3.8) is 0 Å². The molecule has 2 rings (SSSR count). The molecule has 0 aromatic rings. The molecule has 2 fully saturated rings. The molecule has 2 saturated carbocycles. The monoisotopic (exact) mass is 267 g/mol. The van der Waals surface area contributed by atoms with Gasteiger partial charge in [0.2, 0.25) is 0 Å². The molecule has 19 heavy (non-hydrogen) atoms. The molecule has 0 aliphatic heterocycles. The van der Waals surface area contributed by atoms with E-state index in [9.17, 15) is 0 Å². The summed E-state index contributed by atoms with van der Waals surface area (Å²) in [5.41, 5.74) is 5.92. The summed E-state index contributed by atoms with van der Waals surface area (Å²) in [4.78, 5) is 4.54. The van der Waals surface area contributed by atoms with Crippen LogP contribution in [0.4, 0.5) is 0 Å². The first kappa shape index (κ1) is 14.6. The van der Waals surface area contributed by atoms with E-state index in [0.29, 0.717) is 18.5 Å². The summed E-state index contributed by atoms with van der Waals surface area (Å²) in [6.07, 6.45) is 9.75. The third-order valence-corrected chi connectivity index (χ3v) is 4.86. The third kappa shape index (κ3) is 4.10. The van der Waals surface area contributed by atoms with Gasteiger partial charge < -0.3 is 15.8 Å². The van der Waals surface area contributed by atoms with E-state index in [1.54, 1.807) is 0 Å². The number of aliphatic imine (C=N–C) groups is 1. The molecule has 0 unspecified atom stereocenters. The number of guanidine groups is 1. The summed E-state index contributed by atoms with van der Waals surface area (Å²) in [5.74, 6) is 1.42. The van der Waals surface area contributed by atoms with Crippen molar-refractivity contribution in [1.82, 2.24) is 5.32 Å². The van der Waals surface area contributed by atoms with E-state index in [-0.39, 0.29) is 5.60 Å². The molecule has 3 N–H and O–H groups in total. The van der Waals surface area contributed by atoms with Crippen LogP contribution in [0.1, 0.15) is 58.3 Å². The molecule has 0 saturated heterocycles. The second-order valence-corrected chi connectivity index (χ2v) is 6.40. The smallest absolute Gasteiger partial charge is 0.188 e. The van der Waals surface area contributed by atoms with Crippen LogP contribution in [0.15, 0.2) is 4.99 Å². The molecule has 110 valence electrons. The van der Waals surface area contributed by atoms with Gasteiger partial charge in [-0.1, -0.05) is 19.8 Å². The van der Waals surface area contributed by atoms with Crippen molar-refractivity contribution in [2.75, 3.05) is 13.7 Å². The van der Waals surface area contributed by atoms with E-state index in [1.165, 1.54) is 38.5 Å². The minimum atomic E-state index is -0.0749. The van der Waals surface area contributed by atoms with Crippen LogP contribution >= 0.6 is 0 Å². The number of nitrogens with one attached hydrogen (secondary N) is 1. The molecule has 4 heteroatoms. The van der Waals surface area contributed by atoms with Gasteiger partial charge in [0.15, 0.2) is 5.96 Å². The van der Waals surface area contributed by atoms with Gasteiger partial charge in [-0.3, -0.25) is 4.99 Å². The number of hydrogen-bond acceptors (Lipinski definition) is 2. The zero-order chi connectivity index (χ0) is 13.7. The zero-order valence-electron chi connectivity index (χ0n) is 12.5. The van der Waals surface area contributed by atoms with E-state index in [0.717, 1.165) is 18.8 Å². The molecule has 0 spiro atoms. The van der Waals surface area contributed by atoms with Gasteiger partial charge in [-0.25, -0.2) is 0 Å². The maximum absolute atomic E-state index is 5.99. The van der Waals surface area contributed by atoms with Crippen LogP contribution in [0, 0.1) is 5.92 Å². The van der Waals surface area contributed by atoms with Crippen LogP contribution in [0.2, 0.25) is 0 Å². The minimum absolute atomic E-state index is 0.0749. The van der Waals surface area contributed by atoms with Gasteiger partial charge in [0.05, 0.1) is 12.1 Å². The molecule has 4 nitrogen and oxygen atoms in total. The van der Waals surface area contributed by atoms with Gasteiger partial charge >= 0.3 is 0 Å². The number of nitrogens with two attached hydrogens (primary N) is 1. The van der Waals surface area contributed by atoms with Crippen LogP contribution in [0.25, 0.3) is 0 Å². The Balaban J connectivity index is 1.83. The molecule has 0 aromatic heterocycles. The molecule has 0 radical (unpaired) electrons. The predicted octanol–water partition coefficient (Wildman–Crippen LogP) is 2.43. The highest BCUT2D eigenvalue weighted by Crippen LogP contribution is 2.34. The van der Waals surface area contributed by atoms with Gasteiger partial charge in [0.25, 0.3) is 0 Å². The summed E-state index contributed by atoms with van der Waals surface area (Å²) in [7, 11) is 1.81. The standard InChI is InChI=1S/C15H29N3O/c1-12-7-9-15(19-2,10-8-12)11-17-14(16)18-13-5-3-4-6-13/h12-13H,3-11H2,1-2H3,(H3,16,17,18). The lowest BCUT2D eigenvalue weighted by atomic mass is 9.79. The molecule has 0 amide bonds. The van der Waals surface area contributed by atoms with Crippen LogP contribution in [-0.4, -0.2) is 31.3 Å². The number of methoxy groups -OCH3 is 1. The fraction of sp³-hybridized carbons (Fsp3) is 0.933. The van der Waals surface area contributed by atoms with Crippen molar-refractivity contribution < 1.29 is 4.74 Å². The van der Waals surface area contributed by atoms with Crippen molar-refractivity contribution in [2.45, 2.75) is 69.9 Å². The number of rotatable bonds is 4. The third-order valence-electron chi connectivity index (χ3n) is 4.86. The highest BCUT2D eigenvalue weighted by atomic mass is 16.5. The van der Waals surface area contributed by atoms with E-state index < -0.39 is 0 Å². The molecule has 0 aromatic carbocycles. The van der Waals surface area contributed by atoms with Crippen molar-refractivity contribution in [1.29, 1.82) is 0 Å². The largest absolute Gasteiger partial charge is 0.376 e. The van der Waals surface area contributed by atoms with Gasteiger partial charge in [-0.15, -0.1) is 0 Å².